The minimum atomic E-state index is -0.508. The van der Waals surface area contributed by atoms with Gasteiger partial charge in [-0.3, -0.25) is 4.98 Å². The fourth-order valence-electron chi connectivity index (χ4n) is 3.07. The summed E-state index contributed by atoms with van der Waals surface area (Å²) in [6.45, 7) is 8.00. The van der Waals surface area contributed by atoms with E-state index in [9.17, 15) is 4.79 Å². The van der Waals surface area contributed by atoms with Gasteiger partial charge in [0.15, 0.2) is 0 Å². The summed E-state index contributed by atoms with van der Waals surface area (Å²) in [5.41, 5.74) is 5.70. The van der Waals surface area contributed by atoms with Gasteiger partial charge in [0, 0.05) is 37.1 Å². The lowest BCUT2D eigenvalue weighted by Crippen LogP contribution is -2.32. The van der Waals surface area contributed by atoms with Crippen LogP contribution in [0.2, 0.25) is 0 Å². The average Bonchev–Trinajstić information content (AvgIpc) is 3.00. The first-order chi connectivity index (χ1) is 13.2. The summed E-state index contributed by atoms with van der Waals surface area (Å²) in [7, 11) is 1.99. The Bertz CT molecular complexity index is 972. The summed E-state index contributed by atoms with van der Waals surface area (Å²) in [4.78, 5) is 20.6. The quantitative estimate of drug-likeness (QED) is 0.727. The Kier molecular flexibility index (Phi) is 5.49. The molecule has 0 aliphatic rings. The highest BCUT2D eigenvalue weighted by molar-refractivity contribution is 5.80. The van der Waals surface area contributed by atoms with Gasteiger partial charge in [0.1, 0.15) is 5.60 Å². The van der Waals surface area contributed by atoms with E-state index in [1.807, 2.05) is 56.9 Å². The summed E-state index contributed by atoms with van der Waals surface area (Å²) in [5, 5.41) is 2.80. The smallest absolute Gasteiger partial charge is 0.407 e. The van der Waals surface area contributed by atoms with Gasteiger partial charge in [-0.15, -0.1) is 0 Å². The monoisotopic (exact) mass is 378 g/mol. The Labute approximate surface area is 165 Å². The third kappa shape index (κ3) is 4.57. The number of hydrogen-bond acceptors (Lipinski definition) is 4. The van der Waals surface area contributed by atoms with Crippen molar-refractivity contribution < 1.29 is 9.53 Å². The number of imidazole rings is 1. The second kappa shape index (κ2) is 7.84. The maximum absolute atomic E-state index is 11.9. The molecular weight excluding hydrogens is 352 g/mol. The topological polar surface area (TPSA) is 69.0 Å². The van der Waals surface area contributed by atoms with Crippen molar-refractivity contribution in [3.8, 4) is 22.5 Å². The van der Waals surface area contributed by atoms with Gasteiger partial charge in [-0.1, -0.05) is 18.2 Å². The van der Waals surface area contributed by atoms with Crippen LogP contribution in [0.5, 0.6) is 0 Å². The molecule has 0 spiro atoms. The van der Waals surface area contributed by atoms with E-state index in [2.05, 4.69) is 34.3 Å². The molecule has 1 N–H and O–H groups in total. The lowest BCUT2D eigenvalue weighted by Gasteiger charge is -2.19. The van der Waals surface area contributed by atoms with Crippen LogP contribution >= 0.6 is 0 Å². The Morgan fingerprint density at radius 2 is 1.89 bits per heavy atom. The molecule has 0 atom stereocenters. The first kappa shape index (κ1) is 19.6. The number of aryl methyl sites for hydroxylation is 2. The first-order valence-electron chi connectivity index (χ1n) is 9.23. The summed E-state index contributed by atoms with van der Waals surface area (Å²) in [5.74, 6) is 0. The van der Waals surface area contributed by atoms with Crippen LogP contribution in [0.4, 0.5) is 4.79 Å². The number of nitrogens with one attached hydrogen (secondary N) is 1. The predicted octanol–water partition coefficient (Wildman–Crippen LogP) is 4.48. The molecule has 0 bridgehead atoms. The normalized spacial score (nSPS) is 11.3. The van der Waals surface area contributed by atoms with Crippen molar-refractivity contribution in [2.75, 3.05) is 0 Å². The third-order valence-electron chi connectivity index (χ3n) is 4.27. The molecule has 2 heterocycles. The predicted molar refractivity (Wildman–Crippen MR) is 110 cm³/mol. The number of rotatable bonds is 4. The number of alkyl carbamates (subject to hydrolysis) is 1. The van der Waals surface area contributed by atoms with Crippen LogP contribution in [0.25, 0.3) is 22.5 Å². The van der Waals surface area contributed by atoms with Crippen LogP contribution in [0.1, 0.15) is 31.9 Å². The van der Waals surface area contributed by atoms with E-state index in [-0.39, 0.29) is 0 Å². The number of carbonyl (C=O) groups excluding carboxylic acids is 1. The van der Waals surface area contributed by atoms with Crippen LogP contribution in [0.3, 0.4) is 0 Å². The van der Waals surface area contributed by atoms with Crippen molar-refractivity contribution >= 4 is 6.09 Å². The number of aromatic nitrogens is 3. The fraction of sp³-hybridized carbons (Fsp3) is 0.318. The van der Waals surface area contributed by atoms with E-state index in [0.717, 1.165) is 33.6 Å². The number of carbonyl (C=O) groups is 1. The van der Waals surface area contributed by atoms with Crippen molar-refractivity contribution in [2.24, 2.45) is 7.05 Å². The molecular formula is C22H26N4O2. The Hall–Kier alpha value is -3.15. The zero-order valence-electron chi connectivity index (χ0n) is 17.0. The van der Waals surface area contributed by atoms with Gasteiger partial charge in [0.05, 0.1) is 17.7 Å². The second-order valence-corrected chi connectivity index (χ2v) is 7.79. The molecule has 1 amide bonds. The minimum absolute atomic E-state index is 0.412. The largest absolute Gasteiger partial charge is 0.444 e. The zero-order valence-corrected chi connectivity index (χ0v) is 17.0. The maximum atomic E-state index is 11.9. The SMILES string of the molecule is Cc1cc(CNC(=O)OC(C)(C)C)ccc1-c1ncn(C)c1-c1ccncc1. The molecule has 0 saturated heterocycles. The highest BCUT2D eigenvalue weighted by atomic mass is 16.6. The van der Waals surface area contributed by atoms with Crippen molar-refractivity contribution in [2.45, 2.75) is 39.8 Å². The van der Waals surface area contributed by atoms with Crippen molar-refractivity contribution in [1.29, 1.82) is 0 Å². The molecule has 3 aromatic rings. The maximum Gasteiger partial charge on any atom is 0.407 e. The minimum Gasteiger partial charge on any atom is -0.444 e. The van der Waals surface area contributed by atoms with Crippen molar-refractivity contribution in [3.05, 3.63) is 60.2 Å². The molecule has 146 valence electrons. The molecule has 6 heteroatoms. The lowest BCUT2D eigenvalue weighted by molar-refractivity contribution is 0.0523. The zero-order chi connectivity index (χ0) is 20.3. The van der Waals surface area contributed by atoms with E-state index in [0.29, 0.717) is 6.54 Å². The van der Waals surface area contributed by atoms with Gasteiger partial charge in [-0.25, -0.2) is 9.78 Å². The summed E-state index contributed by atoms with van der Waals surface area (Å²) in [6, 6.07) is 10.1. The molecule has 0 aliphatic carbocycles. The van der Waals surface area contributed by atoms with E-state index >= 15 is 0 Å². The molecule has 6 nitrogen and oxygen atoms in total. The third-order valence-corrected chi connectivity index (χ3v) is 4.27. The molecule has 1 aromatic carbocycles. The molecule has 0 unspecified atom stereocenters. The molecule has 2 aromatic heterocycles. The van der Waals surface area contributed by atoms with E-state index in [1.54, 1.807) is 12.4 Å². The summed E-state index contributed by atoms with van der Waals surface area (Å²) in [6.07, 6.45) is 4.97. The Balaban J connectivity index is 1.82. The first-order valence-corrected chi connectivity index (χ1v) is 9.23. The van der Waals surface area contributed by atoms with E-state index in [1.165, 1.54) is 0 Å². The molecule has 0 saturated carbocycles. The van der Waals surface area contributed by atoms with Crippen LogP contribution in [-0.2, 0) is 18.3 Å². The average molecular weight is 378 g/mol. The van der Waals surface area contributed by atoms with Crippen LogP contribution in [0.15, 0.2) is 49.1 Å². The fourth-order valence-corrected chi connectivity index (χ4v) is 3.07. The summed E-state index contributed by atoms with van der Waals surface area (Å²) >= 11 is 0. The number of nitrogens with zero attached hydrogens (tertiary/aromatic N) is 3. The van der Waals surface area contributed by atoms with Gasteiger partial charge < -0.3 is 14.6 Å². The highest BCUT2D eigenvalue weighted by Gasteiger charge is 2.17. The van der Waals surface area contributed by atoms with E-state index in [4.69, 9.17) is 4.74 Å². The van der Waals surface area contributed by atoms with Crippen LogP contribution < -0.4 is 5.32 Å². The van der Waals surface area contributed by atoms with Crippen LogP contribution in [0, 0.1) is 6.92 Å². The number of hydrogen-bond donors (Lipinski definition) is 1. The summed E-state index contributed by atoms with van der Waals surface area (Å²) < 4.78 is 7.30. The Morgan fingerprint density at radius 3 is 2.54 bits per heavy atom. The van der Waals surface area contributed by atoms with Crippen molar-refractivity contribution in [1.82, 2.24) is 19.9 Å². The standard InChI is InChI=1S/C22H26N4O2/c1-15-12-16(13-24-21(27)28-22(2,3)4)6-7-18(15)19-20(26(5)14-25-19)17-8-10-23-11-9-17/h6-12,14H,13H2,1-5H3,(H,24,27). The van der Waals surface area contributed by atoms with Crippen LogP contribution in [-0.4, -0.2) is 26.2 Å². The molecule has 28 heavy (non-hydrogen) atoms. The van der Waals surface area contributed by atoms with Crippen molar-refractivity contribution in [3.63, 3.8) is 0 Å². The van der Waals surface area contributed by atoms with E-state index < -0.39 is 11.7 Å². The number of ether oxygens (including phenoxy) is 1. The highest BCUT2D eigenvalue weighted by Crippen LogP contribution is 2.32. The number of benzene rings is 1. The molecule has 0 radical (unpaired) electrons. The Morgan fingerprint density at radius 1 is 1.18 bits per heavy atom. The van der Waals surface area contributed by atoms with Gasteiger partial charge in [-0.05, 0) is 51.0 Å². The van der Waals surface area contributed by atoms with Gasteiger partial charge in [-0.2, -0.15) is 0 Å². The van der Waals surface area contributed by atoms with Gasteiger partial charge in [0.2, 0.25) is 0 Å². The number of amides is 1. The van der Waals surface area contributed by atoms with Gasteiger partial charge in [0.25, 0.3) is 0 Å². The molecule has 3 rings (SSSR count). The molecule has 0 fully saturated rings. The van der Waals surface area contributed by atoms with Gasteiger partial charge >= 0.3 is 6.09 Å². The lowest BCUT2D eigenvalue weighted by atomic mass is 9.99. The second-order valence-electron chi connectivity index (χ2n) is 7.79. The molecule has 0 aliphatic heterocycles. The number of pyridine rings is 1.